The summed E-state index contributed by atoms with van der Waals surface area (Å²) in [4.78, 5) is 14.3. The third-order valence-electron chi connectivity index (χ3n) is 12.2. The molecule has 0 amide bonds. The molecule has 0 spiro atoms. The fourth-order valence-corrected chi connectivity index (χ4v) is 8.91. The van der Waals surface area contributed by atoms with Crippen LogP contribution in [-0.2, 0) is 39.5 Å². The van der Waals surface area contributed by atoms with E-state index in [1.165, 1.54) is 5.57 Å². The minimum absolute atomic E-state index is 0.0183. The summed E-state index contributed by atoms with van der Waals surface area (Å²) < 4.78 is 38.9. The van der Waals surface area contributed by atoms with Gasteiger partial charge in [-0.05, 0) is 54.3 Å². The molecular weight excluding hydrogens is 649 g/mol. The lowest BCUT2D eigenvalue weighted by molar-refractivity contribution is -0.324. The first-order valence-electron chi connectivity index (χ1n) is 18.3. The van der Waals surface area contributed by atoms with E-state index in [0.717, 1.165) is 24.0 Å². The molecule has 2 bridgehead atoms. The van der Waals surface area contributed by atoms with E-state index < -0.39 is 50.4 Å². The summed E-state index contributed by atoms with van der Waals surface area (Å²) in [6.45, 7) is 18.6. The normalized spacial score (nSPS) is 32.9. The Hall–Kier alpha value is -2.21. The lowest BCUT2D eigenvalue weighted by atomic mass is 9.70. The van der Waals surface area contributed by atoms with Crippen molar-refractivity contribution in [1.82, 2.24) is 0 Å². The molecule has 8 nitrogen and oxygen atoms in total. The van der Waals surface area contributed by atoms with Crippen molar-refractivity contribution in [3.05, 3.63) is 83.4 Å². The third-order valence-corrected chi connectivity index (χ3v) is 16.7. The van der Waals surface area contributed by atoms with Crippen molar-refractivity contribution in [2.45, 2.75) is 116 Å². The first-order valence-corrected chi connectivity index (χ1v) is 21.2. The number of methoxy groups -OCH3 is 1. The van der Waals surface area contributed by atoms with E-state index in [2.05, 4.69) is 53.8 Å². The van der Waals surface area contributed by atoms with Crippen LogP contribution < -0.4 is 0 Å². The SMILES string of the molecule is COCO[C@H]1C(=O)[C@H](O)[C@H](C)[C@@H]([C@]2(OCc3ccccc3)CO[C@@H](c3ccccc3)O[C@H]2CCO[Si](C)(C)C(C)(C)C)/C=C2\CC[C@H]1C2(C)C. The number of ketones is 1. The summed E-state index contributed by atoms with van der Waals surface area (Å²) in [5.74, 6) is -1.40. The maximum Gasteiger partial charge on any atom is 0.191 e. The molecule has 2 aromatic rings. The first-order chi connectivity index (χ1) is 23.6. The number of rotatable bonds is 12. The molecule has 0 radical (unpaired) electrons. The molecule has 1 N–H and O–H groups in total. The average molecular weight is 709 g/mol. The second-order valence-electron chi connectivity index (χ2n) is 16.6. The van der Waals surface area contributed by atoms with E-state index in [1.54, 1.807) is 7.11 Å². The van der Waals surface area contributed by atoms with Gasteiger partial charge >= 0.3 is 0 Å². The zero-order valence-electron chi connectivity index (χ0n) is 31.6. The Morgan fingerprint density at radius 3 is 2.32 bits per heavy atom. The molecule has 1 saturated heterocycles. The van der Waals surface area contributed by atoms with E-state index >= 15 is 0 Å². The standard InChI is InChI=1S/C41H60O8Si/c1-28-33(24-31-20-21-32(40(31,5)6)37(46-27-44-7)36(43)35(28)42)41(47-25-29-16-12-10-13-17-29)26-45-38(30-18-14-11-15-19-30)49-34(41)22-23-48-50(8,9)39(2,3)4/h10-19,24,28,32-35,37-38,42H,20-23,25-27H2,1-9H3/b31-24+/t28-,32-,33+,34+,35-,37-,38-,41-/m1/s1. The summed E-state index contributed by atoms with van der Waals surface area (Å²) in [5.41, 5.74) is 1.75. The van der Waals surface area contributed by atoms with Gasteiger partial charge in [-0.25, -0.2) is 0 Å². The van der Waals surface area contributed by atoms with E-state index in [0.29, 0.717) is 19.6 Å². The van der Waals surface area contributed by atoms with Gasteiger partial charge in [-0.15, -0.1) is 0 Å². The zero-order chi connectivity index (χ0) is 36.3. The van der Waals surface area contributed by atoms with Crippen LogP contribution in [0.3, 0.4) is 0 Å². The van der Waals surface area contributed by atoms with Gasteiger partial charge < -0.3 is 33.2 Å². The van der Waals surface area contributed by atoms with Gasteiger partial charge in [0.1, 0.15) is 24.6 Å². The molecule has 0 unspecified atom stereocenters. The molecule has 9 heteroatoms. The predicted octanol–water partition coefficient (Wildman–Crippen LogP) is 8.02. The number of allylic oxidation sites excluding steroid dienone is 1. The zero-order valence-corrected chi connectivity index (χ0v) is 32.6. The number of Topliss-reactive ketones (excluding diaryl/α,β-unsaturated/α-hetero) is 1. The topological polar surface area (TPSA) is 92.7 Å². The Labute approximate surface area is 301 Å². The van der Waals surface area contributed by atoms with Crippen LogP contribution >= 0.6 is 0 Å². The Kier molecular flexibility index (Phi) is 12.3. The highest BCUT2D eigenvalue weighted by Gasteiger charge is 2.57. The van der Waals surface area contributed by atoms with Crippen molar-refractivity contribution in [2.24, 2.45) is 23.2 Å². The summed E-state index contributed by atoms with van der Waals surface area (Å²) >= 11 is 0. The highest BCUT2D eigenvalue weighted by molar-refractivity contribution is 6.74. The van der Waals surface area contributed by atoms with Gasteiger partial charge in [-0.1, -0.05) is 114 Å². The van der Waals surface area contributed by atoms with E-state index in [9.17, 15) is 9.90 Å². The molecule has 8 atom stereocenters. The van der Waals surface area contributed by atoms with Crippen molar-refractivity contribution < 1.29 is 38.0 Å². The number of fused-ring (bicyclic) bond motifs is 2. The summed E-state index contributed by atoms with van der Waals surface area (Å²) in [6.07, 6.45) is 1.26. The molecule has 1 heterocycles. The van der Waals surface area contributed by atoms with Crippen LogP contribution in [0.5, 0.6) is 0 Å². The largest absolute Gasteiger partial charge is 0.417 e. The molecule has 276 valence electrons. The first kappa shape index (κ1) is 39.0. The average Bonchev–Trinajstić information content (AvgIpc) is 3.39. The fraction of sp³-hybridized carbons (Fsp3) is 0.634. The van der Waals surface area contributed by atoms with Crippen LogP contribution in [0.15, 0.2) is 72.3 Å². The lowest BCUT2D eigenvalue weighted by Crippen LogP contribution is -2.62. The molecule has 3 aliphatic rings. The number of carbonyl (C=O) groups is 1. The smallest absolute Gasteiger partial charge is 0.191 e. The van der Waals surface area contributed by atoms with Gasteiger partial charge in [0.05, 0.1) is 19.3 Å². The molecule has 1 saturated carbocycles. The molecule has 2 aliphatic carbocycles. The van der Waals surface area contributed by atoms with Crippen LogP contribution in [0.2, 0.25) is 18.1 Å². The maximum absolute atomic E-state index is 14.3. The number of aliphatic hydroxyl groups is 1. The van der Waals surface area contributed by atoms with Gasteiger partial charge in [-0.3, -0.25) is 4.79 Å². The highest BCUT2D eigenvalue weighted by atomic mass is 28.4. The monoisotopic (exact) mass is 708 g/mol. The number of carbonyl (C=O) groups excluding carboxylic acids is 1. The molecule has 0 aromatic heterocycles. The van der Waals surface area contributed by atoms with Gasteiger partial charge in [0.15, 0.2) is 20.4 Å². The number of hydrogen-bond acceptors (Lipinski definition) is 8. The van der Waals surface area contributed by atoms with Crippen LogP contribution in [0, 0.1) is 23.2 Å². The Bertz CT molecular complexity index is 1440. The third kappa shape index (κ3) is 8.05. The van der Waals surface area contributed by atoms with Gasteiger partial charge in [0.25, 0.3) is 0 Å². The maximum atomic E-state index is 14.3. The van der Waals surface area contributed by atoms with Gasteiger partial charge in [0.2, 0.25) is 0 Å². The fourth-order valence-electron chi connectivity index (χ4n) is 7.85. The quantitative estimate of drug-likeness (QED) is 0.135. The van der Waals surface area contributed by atoms with Crippen molar-refractivity contribution in [2.75, 3.05) is 27.1 Å². The summed E-state index contributed by atoms with van der Waals surface area (Å²) in [6, 6.07) is 20.1. The van der Waals surface area contributed by atoms with Crippen LogP contribution in [-0.4, -0.2) is 70.2 Å². The molecule has 2 aromatic carbocycles. The minimum Gasteiger partial charge on any atom is -0.417 e. The van der Waals surface area contributed by atoms with Crippen LogP contribution in [0.1, 0.15) is 78.2 Å². The van der Waals surface area contributed by atoms with Crippen LogP contribution in [0.4, 0.5) is 0 Å². The van der Waals surface area contributed by atoms with Crippen LogP contribution in [0.25, 0.3) is 0 Å². The van der Waals surface area contributed by atoms with E-state index in [-0.39, 0.29) is 35.6 Å². The van der Waals surface area contributed by atoms with E-state index in [4.69, 9.17) is 28.1 Å². The summed E-state index contributed by atoms with van der Waals surface area (Å²) in [5, 5.41) is 12.0. The Balaban J connectivity index is 1.62. The summed E-state index contributed by atoms with van der Waals surface area (Å²) in [7, 11) is -0.530. The van der Waals surface area contributed by atoms with E-state index in [1.807, 2.05) is 67.6 Å². The molecule has 5 rings (SSSR count). The number of hydrogen-bond donors (Lipinski definition) is 1. The van der Waals surface area contributed by atoms with Crippen molar-refractivity contribution in [1.29, 1.82) is 0 Å². The Morgan fingerprint density at radius 2 is 1.68 bits per heavy atom. The molecule has 50 heavy (non-hydrogen) atoms. The molecule has 1 aliphatic heterocycles. The predicted molar refractivity (Wildman–Crippen MR) is 197 cm³/mol. The van der Waals surface area contributed by atoms with Crippen molar-refractivity contribution in [3.8, 4) is 0 Å². The molecular formula is C41H60O8Si. The second kappa shape index (κ2) is 15.8. The number of ether oxygens (including phenoxy) is 5. The van der Waals surface area contributed by atoms with Crippen molar-refractivity contribution >= 4 is 14.1 Å². The number of aliphatic hydroxyl groups excluding tert-OH is 1. The lowest BCUT2D eigenvalue weighted by Gasteiger charge is -2.52. The minimum atomic E-state index is -2.08. The highest BCUT2D eigenvalue weighted by Crippen LogP contribution is 2.54. The second-order valence-corrected chi connectivity index (χ2v) is 21.4. The van der Waals surface area contributed by atoms with Gasteiger partial charge in [-0.2, -0.15) is 0 Å². The van der Waals surface area contributed by atoms with Gasteiger partial charge in [0, 0.05) is 31.1 Å². The Morgan fingerprint density at radius 1 is 1.02 bits per heavy atom. The number of benzene rings is 2. The molecule has 2 fully saturated rings. The van der Waals surface area contributed by atoms with Crippen molar-refractivity contribution in [3.63, 3.8) is 0 Å².